The molecular formula is C14H21N3O5. The van der Waals surface area contributed by atoms with Crippen molar-refractivity contribution >= 4 is 23.7 Å². The van der Waals surface area contributed by atoms with E-state index in [0.29, 0.717) is 5.69 Å². The molecule has 1 aromatic rings. The average Bonchev–Trinajstić information content (AvgIpc) is 2.71. The number of aromatic nitrogens is 2. The van der Waals surface area contributed by atoms with Crippen molar-refractivity contribution in [1.82, 2.24) is 9.78 Å². The highest BCUT2D eigenvalue weighted by Crippen LogP contribution is 2.20. The highest BCUT2D eigenvalue weighted by atomic mass is 16.5. The molecular weight excluding hydrogens is 290 g/mol. The van der Waals surface area contributed by atoms with E-state index in [4.69, 9.17) is 9.47 Å². The van der Waals surface area contributed by atoms with Crippen molar-refractivity contribution < 1.29 is 23.9 Å². The summed E-state index contributed by atoms with van der Waals surface area (Å²) in [5, 5.41) is 6.69. The van der Waals surface area contributed by atoms with Crippen molar-refractivity contribution in [2.24, 2.45) is 7.05 Å². The van der Waals surface area contributed by atoms with Crippen molar-refractivity contribution in [2.75, 3.05) is 18.5 Å². The normalized spacial score (nSPS) is 10.2. The first-order valence-electron chi connectivity index (χ1n) is 7.06. The fourth-order valence-corrected chi connectivity index (χ4v) is 1.89. The predicted molar refractivity (Wildman–Crippen MR) is 78.4 cm³/mol. The van der Waals surface area contributed by atoms with Gasteiger partial charge in [-0.2, -0.15) is 5.10 Å². The van der Waals surface area contributed by atoms with E-state index in [0.717, 1.165) is 0 Å². The molecule has 0 aliphatic rings. The molecule has 1 rings (SSSR count). The first-order chi connectivity index (χ1) is 10.4. The minimum Gasteiger partial charge on any atom is -0.466 e. The summed E-state index contributed by atoms with van der Waals surface area (Å²) in [7, 11) is 1.61. The Balaban J connectivity index is 2.78. The number of nitrogens with zero attached hydrogens (tertiary/aromatic N) is 2. The summed E-state index contributed by atoms with van der Waals surface area (Å²) < 4.78 is 11.1. The van der Waals surface area contributed by atoms with Crippen molar-refractivity contribution in [2.45, 2.75) is 33.6 Å². The molecule has 22 heavy (non-hydrogen) atoms. The van der Waals surface area contributed by atoms with Gasteiger partial charge in [0.25, 0.3) is 0 Å². The number of aryl methyl sites for hydroxylation is 2. The SMILES string of the molecule is CCOC(=O)CCC(=O)Nc1c(C(=O)OCC)c(C)nn1C. The third kappa shape index (κ3) is 4.57. The molecule has 0 aliphatic carbocycles. The standard InChI is InChI=1S/C14H21N3O5/c1-5-21-11(19)8-7-10(18)15-13-12(14(20)22-6-2)9(3)16-17(13)4/h5-8H2,1-4H3,(H,15,18). The molecule has 0 saturated heterocycles. The highest BCUT2D eigenvalue weighted by Gasteiger charge is 2.23. The summed E-state index contributed by atoms with van der Waals surface area (Å²) in [5.74, 6) is -1.13. The zero-order valence-corrected chi connectivity index (χ0v) is 13.3. The maximum atomic E-state index is 11.9. The van der Waals surface area contributed by atoms with Crippen molar-refractivity contribution in [3.63, 3.8) is 0 Å². The van der Waals surface area contributed by atoms with Crippen LogP contribution in [0.2, 0.25) is 0 Å². The summed E-state index contributed by atoms with van der Waals surface area (Å²) in [6, 6.07) is 0. The van der Waals surface area contributed by atoms with Gasteiger partial charge in [0.2, 0.25) is 5.91 Å². The number of hydrogen-bond acceptors (Lipinski definition) is 6. The van der Waals surface area contributed by atoms with Gasteiger partial charge in [-0.15, -0.1) is 0 Å². The Morgan fingerprint density at radius 1 is 1.14 bits per heavy atom. The number of nitrogens with one attached hydrogen (secondary N) is 1. The Hall–Kier alpha value is -2.38. The molecule has 1 N–H and O–H groups in total. The first-order valence-corrected chi connectivity index (χ1v) is 7.06. The summed E-state index contributed by atoms with van der Waals surface area (Å²) in [6.07, 6.45) is -0.0590. The Morgan fingerprint density at radius 3 is 2.36 bits per heavy atom. The maximum absolute atomic E-state index is 11.9. The van der Waals surface area contributed by atoms with E-state index in [2.05, 4.69) is 10.4 Å². The van der Waals surface area contributed by atoms with Crippen LogP contribution in [0.5, 0.6) is 0 Å². The van der Waals surface area contributed by atoms with Gasteiger partial charge in [-0.3, -0.25) is 14.3 Å². The molecule has 0 radical (unpaired) electrons. The lowest BCUT2D eigenvalue weighted by Crippen LogP contribution is -2.19. The van der Waals surface area contributed by atoms with Crippen LogP contribution in [0.25, 0.3) is 0 Å². The second kappa shape index (κ2) is 8.16. The molecule has 1 heterocycles. The zero-order valence-electron chi connectivity index (χ0n) is 13.3. The average molecular weight is 311 g/mol. The minimum atomic E-state index is -0.547. The topological polar surface area (TPSA) is 99.5 Å². The summed E-state index contributed by atoms with van der Waals surface area (Å²) >= 11 is 0. The van der Waals surface area contributed by atoms with Crippen molar-refractivity contribution in [1.29, 1.82) is 0 Å². The molecule has 0 aromatic carbocycles. The highest BCUT2D eigenvalue weighted by molar-refractivity contribution is 6.01. The van der Waals surface area contributed by atoms with Gasteiger partial charge < -0.3 is 14.8 Å². The van der Waals surface area contributed by atoms with Crippen LogP contribution in [0.3, 0.4) is 0 Å². The molecule has 8 nitrogen and oxygen atoms in total. The smallest absolute Gasteiger partial charge is 0.343 e. The number of hydrogen-bond donors (Lipinski definition) is 1. The van der Waals surface area contributed by atoms with E-state index >= 15 is 0 Å². The Morgan fingerprint density at radius 2 is 1.77 bits per heavy atom. The van der Waals surface area contributed by atoms with Crippen molar-refractivity contribution in [3.8, 4) is 0 Å². The van der Waals surface area contributed by atoms with Gasteiger partial charge in [0.1, 0.15) is 11.4 Å². The molecule has 0 bridgehead atoms. The van der Waals surface area contributed by atoms with Crippen LogP contribution >= 0.6 is 0 Å². The number of amides is 1. The van der Waals surface area contributed by atoms with Crippen LogP contribution < -0.4 is 5.32 Å². The molecule has 0 fully saturated rings. The van der Waals surface area contributed by atoms with Crippen molar-refractivity contribution in [3.05, 3.63) is 11.3 Å². The van der Waals surface area contributed by atoms with Gasteiger partial charge in [0, 0.05) is 13.5 Å². The third-order valence-electron chi connectivity index (χ3n) is 2.82. The van der Waals surface area contributed by atoms with Gasteiger partial charge in [-0.1, -0.05) is 0 Å². The fraction of sp³-hybridized carbons (Fsp3) is 0.571. The lowest BCUT2D eigenvalue weighted by atomic mass is 10.2. The third-order valence-corrected chi connectivity index (χ3v) is 2.82. The maximum Gasteiger partial charge on any atom is 0.343 e. The fourth-order valence-electron chi connectivity index (χ4n) is 1.89. The van der Waals surface area contributed by atoms with E-state index in [1.807, 2.05) is 0 Å². The molecule has 0 spiro atoms. The molecule has 0 aliphatic heterocycles. The Kier molecular flexibility index (Phi) is 6.55. The largest absolute Gasteiger partial charge is 0.466 e. The van der Waals surface area contributed by atoms with E-state index in [9.17, 15) is 14.4 Å². The Bertz CT molecular complexity index is 565. The number of rotatable bonds is 7. The number of carbonyl (C=O) groups is 3. The Labute approximate surface area is 128 Å². The minimum absolute atomic E-state index is 0.0226. The van der Waals surface area contributed by atoms with Crippen LogP contribution in [0.4, 0.5) is 5.82 Å². The predicted octanol–water partition coefficient (Wildman–Crippen LogP) is 1.19. The molecule has 8 heteroatoms. The van der Waals surface area contributed by atoms with E-state index in [1.54, 1.807) is 27.8 Å². The van der Waals surface area contributed by atoms with E-state index < -0.39 is 17.8 Å². The second-order valence-electron chi connectivity index (χ2n) is 4.51. The lowest BCUT2D eigenvalue weighted by Gasteiger charge is -2.08. The number of carbonyl (C=O) groups excluding carboxylic acids is 3. The zero-order chi connectivity index (χ0) is 16.7. The van der Waals surface area contributed by atoms with Crippen LogP contribution in [0, 0.1) is 6.92 Å². The molecule has 0 unspecified atom stereocenters. The summed E-state index contributed by atoms with van der Waals surface area (Å²) in [4.78, 5) is 35.1. The molecule has 122 valence electrons. The first kappa shape index (κ1) is 17.7. The van der Waals surface area contributed by atoms with E-state index in [1.165, 1.54) is 4.68 Å². The lowest BCUT2D eigenvalue weighted by molar-refractivity contribution is -0.144. The van der Waals surface area contributed by atoms with Crippen LogP contribution in [-0.2, 0) is 26.1 Å². The number of esters is 2. The molecule has 0 atom stereocenters. The van der Waals surface area contributed by atoms with E-state index in [-0.39, 0.29) is 37.4 Å². The summed E-state index contributed by atoms with van der Waals surface area (Å²) in [6.45, 7) is 5.54. The van der Waals surface area contributed by atoms with Gasteiger partial charge >= 0.3 is 11.9 Å². The van der Waals surface area contributed by atoms with Crippen LogP contribution in [-0.4, -0.2) is 40.8 Å². The molecule has 1 amide bonds. The second-order valence-corrected chi connectivity index (χ2v) is 4.51. The van der Waals surface area contributed by atoms with Gasteiger partial charge in [0.05, 0.1) is 25.3 Å². The molecule has 0 saturated carbocycles. The quantitative estimate of drug-likeness (QED) is 0.759. The van der Waals surface area contributed by atoms with Gasteiger partial charge in [-0.25, -0.2) is 4.79 Å². The summed E-state index contributed by atoms with van der Waals surface area (Å²) in [5.41, 5.74) is 0.676. The van der Waals surface area contributed by atoms with Gasteiger partial charge in [0.15, 0.2) is 0 Å². The van der Waals surface area contributed by atoms with Gasteiger partial charge in [-0.05, 0) is 20.8 Å². The van der Waals surface area contributed by atoms with Crippen LogP contribution in [0.1, 0.15) is 42.7 Å². The number of ether oxygens (including phenoxy) is 2. The monoisotopic (exact) mass is 311 g/mol. The molecule has 1 aromatic heterocycles. The number of anilines is 1. The van der Waals surface area contributed by atoms with Crippen LogP contribution in [0.15, 0.2) is 0 Å².